The van der Waals surface area contributed by atoms with Gasteiger partial charge in [-0.2, -0.15) is 0 Å². The van der Waals surface area contributed by atoms with Gasteiger partial charge in [0.05, 0.1) is 22.1 Å². The van der Waals surface area contributed by atoms with Crippen molar-refractivity contribution < 1.29 is 23.1 Å². The van der Waals surface area contributed by atoms with Crippen molar-refractivity contribution in [2.24, 2.45) is 0 Å². The van der Waals surface area contributed by atoms with Crippen LogP contribution >= 0.6 is 11.6 Å². The van der Waals surface area contributed by atoms with E-state index in [2.05, 4.69) is 10.6 Å². The molecule has 142 valence electrons. The Kier molecular flexibility index (Phi) is 5.45. The fourth-order valence-corrected chi connectivity index (χ4v) is 5.59. The first kappa shape index (κ1) is 19.0. The van der Waals surface area contributed by atoms with Crippen LogP contribution in [-0.4, -0.2) is 44.1 Å². The van der Waals surface area contributed by atoms with Gasteiger partial charge in [-0.3, -0.25) is 0 Å². The molecule has 3 rings (SSSR count). The number of hydrogen-bond acceptors (Lipinski definition) is 5. The number of halogens is 1. The molecule has 2 amide bonds. The van der Waals surface area contributed by atoms with E-state index in [4.69, 9.17) is 16.3 Å². The minimum Gasteiger partial charge on any atom is -0.504 e. The Labute approximate surface area is 157 Å². The Balaban J connectivity index is 1.80. The normalized spacial score (nSPS) is 24.9. The number of benzene rings is 1. The lowest BCUT2D eigenvalue weighted by Gasteiger charge is -2.33. The third-order valence-corrected chi connectivity index (χ3v) is 7.44. The third-order valence-electron chi connectivity index (χ3n) is 4.77. The number of phenolic OH excluding ortho intramolecular Hbond substituents is 1. The van der Waals surface area contributed by atoms with Crippen molar-refractivity contribution in [3.05, 3.63) is 29.3 Å². The standard InChI is InChI=1S/C17H21ClN2O5S/c1-25-11-8-12(9-11)26(23,24)16-13(18)6-7-14(15(16)21)20-17(22)19-10-4-2-3-5-10/h2,4,6-7,10-12,21H,3,5,8-9H2,1H3,(H2,19,20,22). The van der Waals surface area contributed by atoms with E-state index in [0.717, 1.165) is 12.8 Å². The summed E-state index contributed by atoms with van der Waals surface area (Å²) < 4.78 is 30.7. The molecule has 0 saturated heterocycles. The summed E-state index contributed by atoms with van der Waals surface area (Å²) in [7, 11) is -2.30. The number of ether oxygens (including phenoxy) is 1. The highest BCUT2D eigenvalue weighted by Gasteiger charge is 2.42. The molecule has 1 fully saturated rings. The summed E-state index contributed by atoms with van der Waals surface area (Å²) in [5, 5.41) is 14.9. The van der Waals surface area contributed by atoms with E-state index in [9.17, 15) is 18.3 Å². The number of allylic oxidation sites excluding steroid dienone is 1. The van der Waals surface area contributed by atoms with Gasteiger partial charge in [0.2, 0.25) is 0 Å². The van der Waals surface area contributed by atoms with E-state index in [1.165, 1.54) is 19.2 Å². The van der Waals surface area contributed by atoms with Crippen LogP contribution in [0.3, 0.4) is 0 Å². The van der Waals surface area contributed by atoms with Gasteiger partial charge in [-0.05, 0) is 37.8 Å². The number of urea groups is 1. The molecule has 1 aromatic carbocycles. The average Bonchev–Trinajstić information content (AvgIpc) is 3.01. The second kappa shape index (κ2) is 7.46. The Hall–Kier alpha value is -1.77. The molecule has 7 nitrogen and oxygen atoms in total. The quantitative estimate of drug-likeness (QED) is 0.520. The summed E-state index contributed by atoms with van der Waals surface area (Å²) in [5.41, 5.74) is -0.00457. The number of nitrogens with one attached hydrogen (secondary N) is 2. The zero-order valence-corrected chi connectivity index (χ0v) is 15.8. The number of aromatic hydroxyl groups is 1. The largest absolute Gasteiger partial charge is 0.504 e. The van der Waals surface area contributed by atoms with Gasteiger partial charge in [-0.1, -0.05) is 23.8 Å². The predicted octanol–water partition coefficient (Wildman–Crippen LogP) is 2.84. The number of carbonyl (C=O) groups excluding carboxylic acids is 1. The van der Waals surface area contributed by atoms with Crippen molar-refractivity contribution in [1.82, 2.24) is 5.32 Å². The Morgan fingerprint density at radius 1 is 1.35 bits per heavy atom. The predicted molar refractivity (Wildman–Crippen MR) is 98.4 cm³/mol. The molecule has 1 saturated carbocycles. The number of amides is 2. The van der Waals surface area contributed by atoms with Crippen LogP contribution < -0.4 is 10.6 Å². The van der Waals surface area contributed by atoms with Crippen LogP contribution in [0.2, 0.25) is 5.02 Å². The number of hydrogen-bond donors (Lipinski definition) is 3. The number of rotatable bonds is 5. The maximum atomic E-state index is 12.8. The number of methoxy groups -OCH3 is 1. The first-order chi connectivity index (χ1) is 12.3. The van der Waals surface area contributed by atoms with Gasteiger partial charge in [-0.15, -0.1) is 0 Å². The van der Waals surface area contributed by atoms with Gasteiger partial charge in [-0.25, -0.2) is 13.2 Å². The smallest absolute Gasteiger partial charge is 0.319 e. The summed E-state index contributed by atoms with van der Waals surface area (Å²) in [6.45, 7) is 0. The van der Waals surface area contributed by atoms with Crippen molar-refractivity contribution in [2.75, 3.05) is 12.4 Å². The number of anilines is 1. The van der Waals surface area contributed by atoms with Gasteiger partial charge in [0.15, 0.2) is 15.6 Å². The molecular formula is C17H21ClN2O5S. The van der Waals surface area contributed by atoms with Crippen molar-refractivity contribution in [3.8, 4) is 5.75 Å². The molecule has 2 aliphatic carbocycles. The molecule has 3 N–H and O–H groups in total. The molecule has 9 heteroatoms. The van der Waals surface area contributed by atoms with E-state index in [1.807, 2.05) is 12.2 Å². The highest BCUT2D eigenvalue weighted by Crippen LogP contribution is 2.42. The van der Waals surface area contributed by atoms with Crippen LogP contribution in [0, 0.1) is 0 Å². The summed E-state index contributed by atoms with van der Waals surface area (Å²) in [6, 6.07) is 2.13. The topological polar surface area (TPSA) is 105 Å². The first-order valence-corrected chi connectivity index (χ1v) is 10.3. The number of phenols is 1. The van der Waals surface area contributed by atoms with Gasteiger partial charge in [0.25, 0.3) is 0 Å². The van der Waals surface area contributed by atoms with Crippen LogP contribution in [-0.2, 0) is 14.6 Å². The average molecular weight is 401 g/mol. The molecule has 26 heavy (non-hydrogen) atoms. The van der Waals surface area contributed by atoms with E-state index >= 15 is 0 Å². The van der Waals surface area contributed by atoms with Gasteiger partial charge in [0, 0.05) is 13.2 Å². The lowest BCUT2D eigenvalue weighted by molar-refractivity contribution is 0.0436. The number of carbonyl (C=O) groups is 1. The highest BCUT2D eigenvalue weighted by atomic mass is 35.5. The van der Waals surface area contributed by atoms with Crippen LogP contribution in [0.4, 0.5) is 10.5 Å². The maximum absolute atomic E-state index is 12.8. The Morgan fingerprint density at radius 2 is 2.08 bits per heavy atom. The van der Waals surface area contributed by atoms with Crippen molar-refractivity contribution in [2.45, 2.75) is 48.0 Å². The van der Waals surface area contributed by atoms with Crippen LogP contribution in [0.25, 0.3) is 0 Å². The highest BCUT2D eigenvalue weighted by molar-refractivity contribution is 7.92. The summed E-state index contributed by atoms with van der Waals surface area (Å²) in [5.74, 6) is -0.546. The second-order valence-corrected chi connectivity index (χ2v) is 9.05. The zero-order chi connectivity index (χ0) is 18.9. The lowest BCUT2D eigenvalue weighted by atomic mass is 9.95. The molecule has 0 spiro atoms. The Morgan fingerprint density at radius 3 is 2.69 bits per heavy atom. The maximum Gasteiger partial charge on any atom is 0.319 e. The van der Waals surface area contributed by atoms with E-state index in [1.54, 1.807) is 0 Å². The van der Waals surface area contributed by atoms with E-state index in [0.29, 0.717) is 12.8 Å². The molecule has 1 aromatic rings. The van der Waals surface area contributed by atoms with Gasteiger partial charge in [0.1, 0.15) is 4.90 Å². The second-order valence-electron chi connectivity index (χ2n) is 6.48. The first-order valence-electron chi connectivity index (χ1n) is 8.35. The SMILES string of the molecule is COC1CC(S(=O)(=O)c2c(Cl)ccc(NC(=O)NC3C=CCC3)c2O)C1. The number of sulfone groups is 1. The molecule has 0 aliphatic heterocycles. The summed E-state index contributed by atoms with van der Waals surface area (Å²) in [6.07, 6.45) is 6.15. The van der Waals surface area contributed by atoms with Crippen LogP contribution in [0.1, 0.15) is 25.7 Å². The third kappa shape index (κ3) is 3.67. The van der Waals surface area contributed by atoms with Crippen LogP contribution in [0.5, 0.6) is 5.75 Å². The molecule has 0 bridgehead atoms. The summed E-state index contributed by atoms with van der Waals surface area (Å²) >= 11 is 6.05. The molecule has 1 atom stereocenters. The fraction of sp³-hybridized carbons (Fsp3) is 0.471. The van der Waals surface area contributed by atoms with Crippen molar-refractivity contribution in [3.63, 3.8) is 0 Å². The van der Waals surface area contributed by atoms with Crippen molar-refractivity contribution >= 4 is 33.2 Å². The monoisotopic (exact) mass is 400 g/mol. The summed E-state index contributed by atoms with van der Waals surface area (Å²) in [4.78, 5) is 11.7. The van der Waals surface area contributed by atoms with Gasteiger partial charge >= 0.3 is 6.03 Å². The molecule has 2 aliphatic rings. The Bertz CT molecular complexity index is 834. The molecule has 0 aromatic heterocycles. The lowest BCUT2D eigenvalue weighted by Crippen LogP contribution is -2.40. The molecule has 0 radical (unpaired) electrons. The molecule has 0 heterocycles. The van der Waals surface area contributed by atoms with E-state index < -0.39 is 26.9 Å². The van der Waals surface area contributed by atoms with Crippen molar-refractivity contribution in [1.29, 1.82) is 0 Å². The zero-order valence-electron chi connectivity index (χ0n) is 14.2. The fourth-order valence-electron chi connectivity index (χ4n) is 3.13. The van der Waals surface area contributed by atoms with E-state index in [-0.39, 0.29) is 27.8 Å². The minimum atomic E-state index is -3.83. The van der Waals surface area contributed by atoms with Crippen LogP contribution in [0.15, 0.2) is 29.2 Å². The minimum absolute atomic E-state index is 0.00457. The molecular weight excluding hydrogens is 380 g/mol. The molecule has 1 unspecified atom stereocenters. The van der Waals surface area contributed by atoms with Gasteiger partial charge < -0.3 is 20.5 Å².